The molecule has 4 aromatic carbocycles. The summed E-state index contributed by atoms with van der Waals surface area (Å²) < 4.78 is 0. The van der Waals surface area contributed by atoms with Crippen LogP contribution in [0.25, 0.3) is 33.5 Å². The molecule has 0 saturated carbocycles. The second-order valence-corrected chi connectivity index (χ2v) is 12.1. The molecule has 5 heteroatoms. The third-order valence-electron chi connectivity index (χ3n) is 8.83. The molecule has 0 unspecified atom stereocenters. The maximum Gasteiger partial charge on any atom is 0.255 e. The number of carbonyl (C=O) groups is 2. The van der Waals surface area contributed by atoms with Crippen molar-refractivity contribution >= 4 is 28.3 Å². The van der Waals surface area contributed by atoms with Gasteiger partial charge in [-0.1, -0.05) is 113 Å². The molecule has 228 valence electrons. The summed E-state index contributed by atoms with van der Waals surface area (Å²) in [6.45, 7) is 4.44. The van der Waals surface area contributed by atoms with Crippen LogP contribution in [0.1, 0.15) is 103 Å². The Bertz CT molecular complexity index is 1820. The molecule has 1 aromatic heterocycles. The normalized spacial score (nSPS) is 11.9. The maximum atomic E-state index is 13.9. The number of anilines is 1. The van der Waals surface area contributed by atoms with Gasteiger partial charge in [-0.05, 0) is 61.1 Å². The van der Waals surface area contributed by atoms with Crippen molar-refractivity contribution in [1.29, 1.82) is 0 Å². The Morgan fingerprint density at radius 2 is 1.29 bits per heavy atom. The Morgan fingerprint density at radius 1 is 0.667 bits per heavy atom. The van der Waals surface area contributed by atoms with Gasteiger partial charge in [-0.15, -0.1) is 0 Å². The van der Waals surface area contributed by atoms with Crippen LogP contribution in [-0.2, 0) is 12.8 Å². The van der Waals surface area contributed by atoms with E-state index in [4.69, 9.17) is 9.97 Å². The number of unbranched alkanes of at least 4 members (excludes halogenated alkanes) is 6. The molecule has 0 spiro atoms. The number of rotatable bonds is 13. The zero-order valence-electron chi connectivity index (χ0n) is 26.4. The van der Waals surface area contributed by atoms with E-state index < -0.39 is 0 Å². The highest BCUT2D eigenvalue weighted by atomic mass is 16.2. The first-order valence-electron chi connectivity index (χ1n) is 16.6. The van der Waals surface area contributed by atoms with E-state index >= 15 is 0 Å². The van der Waals surface area contributed by atoms with Crippen LogP contribution in [0.4, 0.5) is 5.69 Å². The van der Waals surface area contributed by atoms with Crippen molar-refractivity contribution in [2.24, 2.45) is 0 Å². The SMILES string of the molecule is CCCCCCc1ccc(C(=O)Nc2ccc3nc(-c4ccc(CCCCCC)cc4)nc4c3c2C(=O)c2ccccc2-4)cc1. The van der Waals surface area contributed by atoms with Gasteiger partial charge in [-0.3, -0.25) is 9.59 Å². The first-order chi connectivity index (χ1) is 22.1. The predicted molar refractivity (Wildman–Crippen MR) is 184 cm³/mol. The molecular formula is C40H41N3O2. The highest BCUT2D eigenvalue weighted by Gasteiger charge is 2.30. The summed E-state index contributed by atoms with van der Waals surface area (Å²) >= 11 is 0. The van der Waals surface area contributed by atoms with Crippen LogP contribution in [0, 0.1) is 0 Å². The van der Waals surface area contributed by atoms with Gasteiger partial charge < -0.3 is 5.32 Å². The molecule has 1 N–H and O–H groups in total. The first kappa shape index (κ1) is 30.4. The smallest absolute Gasteiger partial charge is 0.255 e. The lowest BCUT2D eigenvalue weighted by Crippen LogP contribution is -2.18. The highest BCUT2D eigenvalue weighted by Crippen LogP contribution is 2.41. The number of nitrogens with one attached hydrogen (secondary N) is 1. The fourth-order valence-electron chi connectivity index (χ4n) is 6.26. The van der Waals surface area contributed by atoms with Crippen molar-refractivity contribution in [2.45, 2.75) is 78.1 Å². The van der Waals surface area contributed by atoms with Crippen molar-refractivity contribution < 1.29 is 9.59 Å². The Morgan fingerprint density at radius 3 is 1.93 bits per heavy atom. The number of hydrogen-bond donors (Lipinski definition) is 1. The lowest BCUT2D eigenvalue weighted by atomic mass is 9.85. The van der Waals surface area contributed by atoms with Crippen molar-refractivity contribution in [1.82, 2.24) is 9.97 Å². The average Bonchev–Trinajstić information content (AvgIpc) is 3.08. The summed E-state index contributed by atoms with van der Waals surface area (Å²) in [5.74, 6) is 0.241. The van der Waals surface area contributed by atoms with Gasteiger partial charge in [0.05, 0.1) is 22.5 Å². The molecule has 0 radical (unpaired) electrons. The first-order valence-corrected chi connectivity index (χ1v) is 16.6. The molecule has 0 saturated heterocycles. The van der Waals surface area contributed by atoms with Crippen LogP contribution in [-0.4, -0.2) is 21.7 Å². The number of hydrogen-bond acceptors (Lipinski definition) is 4. The third kappa shape index (κ3) is 6.58. The summed E-state index contributed by atoms with van der Waals surface area (Å²) in [7, 11) is 0. The molecule has 45 heavy (non-hydrogen) atoms. The fraction of sp³-hybridized carbons (Fsp3) is 0.300. The predicted octanol–water partition coefficient (Wildman–Crippen LogP) is 10.0. The van der Waals surface area contributed by atoms with Crippen LogP contribution in [0.5, 0.6) is 0 Å². The minimum absolute atomic E-state index is 0.134. The monoisotopic (exact) mass is 595 g/mol. The highest BCUT2D eigenvalue weighted by molar-refractivity contribution is 6.28. The Kier molecular flexibility index (Phi) is 9.44. The van der Waals surface area contributed by atoms with Crippen molar-refractivity contribution in [3.8, 4) is 22.6 Å². The van der Waals surface area contributed by atoms with Gasteiger partial charge in [-0.2, -0.15) is 0 Å². The van der Waals surface area contributed by atoms with Gasteiger partial charge in [0.15, 0.2) is 11.6 Å². The molecule has 6 rings (SSSR count). The van der Waals surface area contributed by atoms with Crippen LogP contribution in [0.15, 0.2) is 84.9 Å². The lowest BCUT2D eigenvalue weighted by molar-refractivity contribution is 0.102. The zero-order chi connectivity index (χ0) is 31.2. The molecular weight excluding hydrogens is 554 g/mol. The summed E-state index contributed by atoms with van der Waals surface area (Å²) in [4.78, 5) is 37.3. The largest absolute Gasteiger partial charge is 0.321 e. The van der Waals surface area contributed by atoms with Crippen LogP contribution in [0.3, 0.4) is 0 Å². The molecule has 5 aromatic rings. The second kappa shape index (κ2) is 14.0. The van der Waals surface area contributed by atoms with E-state index in [0.29, 0.717) is 44.8 Å². The number of ketones is 1. The minimum Gasteiger partial charge on any atom is -0.321 e. The van der Waals surface area contributed by atoms with Crippen molar-refractivity contribution in [2.75, 3.05) is 5.32 Å². The van der Waals surface area contributed by atoms with Gasteiger partial charge in [0, 0.05) is 27.6 Å². The molecule has 0 aliphatic heterocycles. The number of fused-ring (bicyclic) bond motifs is 2. The maximum absolute atomic E-state index is 13.9. The number of nitrogens with zero attached hydrogens (tertiary/aromatic N) is 2. The molecule has 1 aliphatic rings. The molecule has 0 bridgehead atoms. The molecule has 1 amide bonds. The number of amides is 1. The van der Waals surface area contributed by atoms with Gasteiger partial charge >= 0.3 is 0 Å². The van der Waals surface area contributed by atoms with Gasteiger partial charge in [0.25, 0.3) is 5.91 Å². The third-order valence-corrected chi connectivity index (χ3v) is 8.83. The number of benzene rings is 4. The molecule has 1 aliphatic carbocycles. The number of carbonyl (C=O) groups excluding carboxylic acids is 2. The lowest BCUT2D eigenvalue weighted by Gasteiger charge is -2.22. The van der Waals surface area contributed by atoms with E-state index in [1.807, 2.05) is 54.6 Å². The molecule has 1 heterocycles. The van der Waals surface area contributed by atoms with Crippen LogP contribution in [0.2, 0.25) is 0 Å². The standard InChI is InChI=1S/C40H41N3O2/c1-3-5-7-9-13-27-17-21-29(22-18-27)39-41-33-25-26-34(36-35(33)37(43-39)31-15-11-12-16-32(31)38(36)44)42-40(45)30-23-19-28(20-24-30)14-10-8-6-4-2/h11-12,15-26H,3-10,13-14H2,1-2H3,(H,42,45). The Labute approximate surface area is 266 Å². The van der Waals surface area contributed by atoms with Gasteiger partial charge in [0.2, 0.25) is 0 Å². The van der Waals surface area contributed by atoms with Gasteiger partial charge in [0.1, 0.15) is 0 Å². The van der Waals surface area contributed by atoms with Crippen molar-refractivity contribution in [3.63, 3.8) is 0 Å². The van der Waals surface area contributed by atoms with E-state index in [0.717, 1.165) is 30.4 Å². The second-order valence-electron chi connectivity index (χ2n) is 12.1. The summed E-state index contributed by atoms with van der Waals surface area (Å²) in [6, 6.07) is 27.5. The average molecular weight is 596 g/mol. The fourth-order valence-corrected chi connectivity index (χ4v) is 6.26. The molecule has 0 atom stereocenters. The Hall–Kier alpha value is -4.64. The topological polar surface area (TPSA) is 72.0 Å². The number of aryl methyl sites for hydroxylation is 2. The molecule has 0 fully saturated rings. The van der Waals surface area contributed by atoms with Crippen LogP contribution < -0.4 is 5.32 Å². The van der Waals surface area contributed by atoms with Crippen molar-refractivity contribution in [3.05, 3.63) is 113 Å². The summed E-state index contributed by atoms with van der Waals surface area (Å²) in [5, 5.41) is 3.71. The van der Waals surface area contributed by atoms with E-state index in [9.17, 15) is 9.59 Å². The quantitative estimate of drug-likeness (QED) is 0.135. The number of aromatic nitrogens is 2. The minimum atomic E-state index is -0.247. The Balaban J connectivity index is 1.31. The van der Waals surface area contributed by atoms with E-state index in [2.05, 4.69) is 43.4 Å². The molecule has 5 nitrogen and oxygen atoms in total. The van der Waals surface area contributed by atoms with E-state index in [1.54, 1.807) is 6.07 Å². The van der Waals surface area contributed by atoms with E-state index in [1.165, 1.54) is 56.1 Å². The summed E-state index contributed by atoms with van der Waals surface area (Å²) in [6.07, 6.45) is 11.9. The summed E-state index contributed by atoms with van der Waals surface area (Å²) in [5.41, 5.74) is 7.72. The zero-order valence-corrected chi connectivity index (χ0v) is 26.4. The van der Waals surface area contributed by atoms with E-state index in [-0.39, 0.29) is 11.7 Å². The van der Waals surface area contributed by atoms with Gasteiger partial charge in [-0.25, -0.2) is 9.97 Å². The van der Waals surface area contributed by atoms with Crippen LogP contribution >= 0.6 is 0 Å².